The third-order valence-corrected chi connectivity index (χ3v) is 6.47. The van der Waals surface area contributed by atoms with E-state index in [0.717, 1.165) is 6.92 Å². The number of nitrogens with one attached hydrogen (secondary N) is 2. The average Bonchev–Trinajstić information content (AvgIpc) is 3.38. The zero-order valence-electron chi connectivity index (χ0n) is 16.4. The monoisotopic (exact) mass is 443 g/mol. The molecule has 0 radical (unpaired) electrons. The van der Waals surface area contributed by atoms with Gasteiger partial charge in [-0.3, -0.25) is 9.59 Å². The van der Waals surface area contributed by atoms with Crippen LogP contribution in [0.3, 0.4) is 0 Å². The number of hydrogen-bond acceptors (Lipinski definition) is 6. The molecule has 1 aliphatic rings. The van der Waals surface area contributed by atoms with Gasteiger partial charge in [0.25, 0.3) is 10.0 Å². The lowest BCUT2D eigenvalue weighted by Gasteiger charge is -2.13. The van der Waals surface area contributed by atoms with Gasteiger partial charge in [-0.1, -0.05) is 17.3 Å². The molecule has 0 bridgehead atoms. The maximum Gasteiger partial charge on any atom is 0.264 e. The number of sulfonamides is 1. The molecule has 1 saturated carbocycles. The Hall–Kier alpha value is -3.53. The molecule has 1 aliphatic carbocycles. The molecule has 10 heteroatoms. The standard InChI is InChI=1S/C21H18FN3O5S/c1-13(26)25-31(28,29)15-8-6-14(7-9-15)23-20(27)21(10-11-21)19-12-18(30-24-19)16-4-2-3-5-17(16)22/h2-9,12H,10-11H2,1H3,(H,23,27)(H,25,26). The third kappa shape index (κ3) is 4.06. The molecule has 0 unspecified atom stereocenters. The molecule has 2 N–H and O–H groups in total. The van der Waals surface area contributed by atoms with Crippen LogP contribution >= 0.6 is 0 Å². The van der Waals surface area contributed by atoms with E-state index in [1.54, 1.807) is 24.3 Å². The topological polar surface area (TPSA) is 118 Å². The van der Waals surface area contributed by atoms with Crippen LogP contribution in [0, 0.1) is 5.82 Å². The van der Waals surface area contributed by atoms with Crippen LogP contribution < -0.4 is 10.0 Å². The summed E-state index contributed by atoms with van der Waals surface area (Å²) in [5.41, 5.74) is 0.172. The van der Waals surface area contributed by atoms with E-state index in [-0.39, 0.29) is 22.1 Å². The highest BCUT2D eigenvalue weighted by molar-refractivity contribution is 7.90. The minimum atomic E-state index is -3.96. The predicted molar refractivity (Wildman–Crippen MR) is 109 cm³/mol. The molecule has 0 atom stereocenters. The van der Waals surface area contributed by atoms with Gasteiger partial charge in [0.2, 0.25) is 11.8 Å². The van der Waals surface area contributed by atoms with Crippen molar-refractivity contribution >= 4 is 27.5 Å². The Kier molecular flexibility index (Phi) is 5.10. The number of anilines is 1. The fourth-order valence-electron chi connectivity index (χ4n) is 3.23. The van der Waals surface area contributed by atoms with Crippen molar-refractivity contribution in [3.63, 3.8) is 0 Å². The number of carbonyl (C=O) groups excluding carboxylic acids is 2. The van der Waals surface area contributed by atoms with E-state index in [1.165, 1.54) is 30.3 Å². The van der Waals surface area contributed by atoms with E-state index in [4.69, 9.17) is 4.52 Å². The molecule has 0 aliphatic heterocycles. The third-order valence-electron chi connectivity index (χ3n) is 5.03. The van der Waals surface area contributed by atoms with E-state index in [2.05, 4.69) is 10.5 Å². The Morgan fingerprint density at radius 3 is 2.39 bits per heavy atom. The van der Waals surface area contributed by atoms with Crippen LogP contribution in [0.25, 0.3) is 11.3 Å². The van der Waals surface area contributed by atoms with Crippen molar-refractivity contribution in [3.8, 4) is 11.3 Å². The minimum absolute atomic E-state index is 0.104. The van der Waals surface area contributed by atoms with Crippen LogP contribution in [0.5, 0.6) is 0 Å². The number of nitrogens with zero attached hydrogens (tertiary/aromatic N) is 1. The molecule has 0 saturated heterocycles. The van der Waals surface area contributed by atoms with Crippen LogP contribution in [0.1, 0.15) is 25.5 Å². The van der Waals surface area contributed by atoms with Gasteiger partial charge in [0.1, 0.15) is 5.82 Å². The van der Waals surface area contributed by atoms with Crippen LogP contribution in [0.15, 0.2) is 64.0 Å². The van der Waals surface area contributed by atoms with Crippen molar-refractivity contribution < 1.29 is 26.9 Å². The molecule has 31 heavy (non-hydrogen) atoms. The average molecular weight is 443 g/mol. The second-order valence-electron chi connectivity index (χ2n) is 7.28. The molecule has 1 heterocycles. The van der Waals surface area contributed by atoms with Gasteiger partial charge < -0.3 is 9.84 Å². The first-order valence-electron chi connectivity index (χ1n) is 9.38. The normalized spacial score (nSPS) is 14.6. The van der Waals surface area contributed by atoms with Crippen molar-refractivity contribution in [1.29, 1.82) is 0 Å². The lowest BCUT2D eigenvalue weighted by atomic mass is 10.00. The molecule has 8 nitrogen and oxygen atoms in total. The molecular formula is C21H18FN3O5S. The van der Waals surface area contributed by atoms with Gasteiger partial charge >= 0.3 is 0 Å². The Morgan fingerprint density at radius 1 is 1.10 bits per heavy atom. The molecule has 1 fully saturated rings. The highest BCUT2D eigenvalue weighted by Gasteiger charge is 2.54. The van der Waals surface area contributed by atoms with E-state index in [1.807, 2.05) is 4.72 Å². The number of amides is 2. The van der Waals surface area contributed by atoms with Crippen LogP contribution in [0.2, 0.25) is 0 Å². The Morgan fingerprint density at radius 2 is 1.77 bits per heavy atom. The van der Waals surface area contributed by atoms with Crippen molar-refractivity contribution in [3.05, 3.63) is 66.1 Å². The van der Waals surface area contributed by atoms with Gasteiger partial charge in [-0.2, -0.15) is 0 Å². The van der Waals surface area contributed by atoms with E-state index < -0.39 is 27.2 Å². The minimum Gasteiger partial charge on any atom is -0.356 e. The van der Waals surface area contributed by atoms with Crippen LogP contribution in [-0.4, -0.2) is 25.4 Å². The number of halogens is 1. The van der Waals surface area contributed by atoms with Crippen molar-refractivity contribution in [2.24, 2.45) is 0 Å². The zero-order chi connectivity index (χ0) is 22.2. The summed E-state index contributed by atoms with van der Waals surface area (Å²) in [5, 5.41) is 6.73. The summed E-state index contributed by atoms with van der Waals surface area (Å²) in [5.74, 6) is -1.23. The summed E-state index contributed by atoms with van der Waals surface area (Å²) in [6.45, 7) is 1.10. The van der Waals surface area contributed by atoms with Gasteiger partial charge in [0.15, 0.2) is 5.76 Å². The molecule has 4 rings (SSSR count). The highest BCUT2D eigenvalue weighted by atomic mass is 32.2. The first-order valence-corrected chi connectivity index (χ1v) is 10.9. The van der Waals surface area contributed by atoms with E-state index in [9.17, 15) is 22.4 Å². The molecular weight excluding hydrogens is 425 g/mol. The van der Waals surface area contributed by atoms with Crippen molar-refractivity contribution in [2.75, 3.05) is 5.32 Å². The van der Waals surface area contributed by atoms with Crippen LogP contribution in [0.4, 0.5) is 10.1 Å². The summed E-state index contributed by atoms with van der Waals surface area (Å²) >= 11 is 0. The molecule has 3 aromatic rings. The maximum absolute atomic E-state index is 14.0. The van der Waals surface area contributed by atoms with Crippen molar-refractivity contribution in [1.82, 2.24) is 9.88 Å². The molecule has 1 aromatic heterocycles. The number of hydrogen-bond donors (Lipinski definition) is 2. The Bertz CT molecular complexity index is 1260. The second-order valence-corrected chi connectivity index (χ2v) is 8.96. The lowest BCUT2D eigenvalue weighted by Crippen LogP contribution is -2.29. The van der Waals surface area contributed by atoms with Gasteiger partial charge in [-0.05, 0) is 49.2 Å². The Balaban J connectivity index is 1.51. The van der Waals surface area contributed by atoms with Gasteiger partial charge in [0, 0.05) is 18.7 Å². The quantitative estimate of drug-likeness (QED) is 0.605. The van der Waals surface area contributed by atoms with Crippen molar-refractivity contribution in [2.45, 2.75) is 30.1 Å². The first-order chi connectivity index (χ1) is 14.7. The summed E-state index contributed by atoms with van der Waals surface area (Å²) in [4.78, 5) is 23.8. The summed E-state index contributed by atoms with van der Waals surface area (Å²) < 4.78 is 45.2. The number of carbonyl (C=O) groups is 2. The fraction of sp³-hybridized carbons (Fsp3) is 0.190. The number of aromatic nitrogens is 1. The zero-order valence-corrected chi connectivity index (χ0v) is 17.2. The SMILES string of the molecule is CC(=O)NS(=O)(=O)c1ccc(NC(=O)C2(c3cc(-c4ccccc4F)on3)CC2)cc1. The number of rotatable bonds is 6. The summed E-state index contributed by atoms with van der Waals surface area (Å²) in [7, 11) is -3.96. The largest absolute Gasteiger partial charge is 0.356 e. The van der Waals surface area contributed by atoms with E-state index >= 15 is 0 Å². The molecule has 2 aromatic carbocycles. The van der Waals surface area contributed by atoms with Gasteiger partial charge in [-0.15, -0.1) is 0 Å². The highest BCUT2D eigenvalue weighted by Crippen LogP contribution is 2.49. The molecule has 0 spiro atoms. The van der Waals surface area contributed by atoms with Gasteiger partial charge in [0.05, 0.1) is 21.6 Å². The first kappa shape index (κ1) is 20.7. The Labute approximate surface area is 177 Å². The lowest BCUT2D eigenvalue weighted by molar-refractivity contribution is -0.119. The number of benzene rings is 2. The van der Waals surface area contributed by atoms with Crippen LogP contribution in [-0.2, 0) is 25.0 Å². The maximum atomic E-state index is 14.0. The fourth-order valence-corrected chi connectivity index (χ4v) is 4.22. The molecule has 2 amide bonds. The molecule has 160 valence electrons. The second kappa shape index (κ2) is 7.62. The smallest absolute Gasteiger partial charge is 0.264 e. The summed E-state index contributed by atoms with van der Waals surface area (Å²) in [6.07, 6.45) is 1.11. The van der Waals surface area contributed by atoms with Gasteiger partial charge in [-0.25, -0.2) is 17.5 Å². The predicted octanol–water partition coefficient (Wildman–Crippen LogP) is 2.98. The van der Waals surface area contributed by atoms with E-state index in [0.29, 0.717) is 24.2 Å². The summed E-state index contributed by atoms with van der Waals surface area (Å²) in [6, 6.07) is 13.1.